The average molecular weight is 378 g/mol. The maximum Gasteiger partial charge on any atom is 0.220 e. The first kappa shape index (κ1) is 17.6. The largest absolute Gasteiger partial charge is 0.492 e. The second-order valence-corrected chi connectivity index (χ2v) is 6.35. The number of para-hydroxylation sites is 2. The second kappa shape index (κ2) is 8.23. The molecule has 0 saturated heterocycles. The number of ether oxygens (including phenoxy) is 1. The van der Waals surface area contributed by atoms with Gasteiger partial charge in [-0.1, -0.05) is 35.3 Å². The maximum absolute atomic E-state index is 11.9. The second-order valence-electron chi connectivity index (χ2n) is 5.50. The Morgan fingerprint density at radius 3 is 2.84 bits per heavy atom. The van der Waals surface area contributed by atoms with Gasteiger partial charge < -0.3 is 15.0 Å². The molecule has 0 unspecified atom stereocenters. The Labute approximate surface area is 155 Å². The third-order valence-corrected chi connectivity index (χ3v) is 4.12. The van der Waals surface area contributed by atoms with Crippen molar-refractivity contribution in [2.45, 2.75) is 19.4 Å². The van der Waals surface area contributed by atoms with Crippen molar-refractivity contribution in [3.05, 3.63) is 58.3 Å². The molecule has 0 aliphatic rings. The summed E-state index contributed by atoms with van der Waals surface area (Å²) in [6, 6.07) is 12.8. The minimum Gasteiger partial charge on any atom is -0.492 e. The molecule has 0 aliphatic heterocycles. The molecule has 0 spiro atoms. The van der Waals surface area contributed by atoms with E-state index in [0.717, 1.165) is 16.9 Å². The molecule has 0 bridgehead atoms. The lowest BCUT2D eigenvalue weighted by molar-refractivity contribution is -0.121. The summed E-state index contributed by atoms with van der Waals surface area (Å²) in [5.74, 6) is 1.25. The van der Waals surface area contributed by atoms with Crippen LogP contribution in [0, 0.1) is 0 Å². The van der Waals surface area contributed by atoms with Crippen LogP contribution in [-0.4, -0.2) is 22.5 Å². The molecule has 25 heavy (non-hydrogen) atoms. The fourth-order valence-electron chi connectivity index (χ4n) is 2.37. The molecule has 0 saturated carbocycles. The number of nitrogens with zero attached hydrogens (tertiary/aromatic N) is 1. The van der Waals surface area contributed by atoms with Crippen molar-refractivity contribution < 1.29 is 9.53 Å². The number of aromatic amines is 1. The van der Waals surface area contributed by atoms with Crippen LogP contribution < -0.4 is 10.1 Å². The Morgan fingerprint density at radius 1 is 1.20 bits per heavy atom. The smallest absolute Gasteiger partial charge is 0.220 e. The molecular weight excluding hydrogens is 361 g/mol. The number of H-pyrrole nitrogens is 1. The monoisotopic (exact) mass is 377 g/mol. The maximum atomic E-state index is 11.9. The molecule has 1 heterocycles. The number of rotatable bonds is 7. The molecular formula is C18H17Cl2N3O2. The van der Waals surface area contributed by atoms with Crippen LogP contribution in [0.2, 0.25) is 10.0 Å². The van der Waals surface area contributed by atoms with Crippen molar-refractivity contribution in [1.29, 1.82) is 0 Å². The highest BCUT2D eigenvalue weighted by molar-refractivity contribution is 6.35. The number of benzene rings is 2. The Bertz CT molecular complexity index is 847. The van der Waals surface area contributed by atoms with Crippen molar-refractivity contribution in [2.24, 2.45) is 0 Å². The number of halogens is 2. The molecule has 2 aromatic carbocycles. The van der Waals surface area contributed by atoms with E-state index in [1.165, 1.54) is 0 Å². The van der Waals surface area contributed by atoms with E-state index in [4.69, 9.17) is 27.9 Å². The van der Waals surface area contributed by atoms with Gasteiger partial charge in [0.15, 0.2) is 0 Å². The minimum absolute atomic E-state index is 0.0498. The van der Waals surface area contributed by atoms with Gasteiger partial charge in [-0.05, 0) is 36.8 Å². The van der Waals surface area contributed by atoms with Crippen LogP contribution in [0.1, 0.15) is 18.7 Å². The van der Waals surface area contributed by atoms with Gasteiger partial charge in [0.2, 0.25) is 5.91 Å². The Morgan fingerprint density at radius 2 is 2.04 bits per heavy atom. The van der Waals surface area contributed by atoms with Crippen molar-refractivity contribution in [1.82, 2.24) is 15.3 Å². The number of hydrogen-bond donors (Lipinski definition) is 2. The molecule has 2 N–H and O–H groups in total. The lowest BCUT2D eigenvalue weighted by atomic mass is 10.3. The summed E-state index contributed by atoms with van der Waals surface area (Å²) >= 11 is 11.9. The molecule has 0 atom stereocenters. The van der Waals surface area contributed by atoms with Crippen LogP contribution in [0.4, 0.5) is 0 Å². The molecule has 5 nitrogen and oxygen atoms in total. The molecule has 130 valence electrons. The summed E-state index contributed by atoms with van der Waals surface area (Å²) in [4.78, 5) is 19.5. The number of carbonyl (C=O) groups excluding carboxylic acids is 1. The molecule has 0 fully saturated rings. The standard InChI is InChI=1S/C18H17Cl2N3O2/c19-12-7-8-16(13(20)10-12)25-9-3-6-18(24)21-11-17-22-14-4-1-2-5-15(14)23-17/h1-2,4-5,7-8,10H,3,6,9,11H2,(H,21,24)(H,22,23). The number of hydrogen-bond acceptors (Lipinski definition) is 3. The number of amides is 1. The van der Waals surface area contributed by atoms with Gasteiger partial charge in [-0.25, -0.2) is 4.98 Å². The molecule has 3 aromatic rings. The van der Waals surface area contributed by atoms with Crippen molar-refractivity contribution in [2.75, 3.05) is 6.61 Å². The van der Waals surface area contributed by atoms with Gasteiger partial charge in [-0.3, -0.25) is 4.79 Å². The minimum atomic E-state index is -0.0498. The summed E-state index contributed by atoms with van der Waals surface area (Å²) in [5, 5.41) is 3.86. The van der Waals surface area contributed by atoms with Crippen LogP contribution >= 0.6 is 23.2 Å². The van der Waals surface area contributed by atoms with E-state index in [9.17, 15) is 4.79 Å². The van der Waals surface area contributed by atoms with Gasteiger partial charge in [-0.2, -0.15) is 0 Å². The van der Waals surface area contributed by atoms with E-state index < -0.39 is 0 Å². The van der Waals surface area contributed by atoms with E-state index in [1.54, 1.807) is 18.2 Å². The Kier molecular flexibility index (Phi) is 5.79. The molecule has 7 heteroatoms. The van der Waals surface area contributed by atoms with E-state index in [1.807, 2.05) is 24.3 Å². The summed E-state index contributed by atoms with van der Waals surface area (Å²) in [6.45, 7) is 0.775. The first-order valence-corrected chi connectivity index (χ1v) is 8.65. The molecule has 0 radical (unpaired) electrons. The fraction of sp³-hybridized carbons (Fsp3) is 0.222. The molecule has 1 aromatic heterocycles. The summed E-state index contributed by atoms with van der Waals surface area (Å²) in [5.41, 5.74) is 1.85. The highest BCUT2D eigenvalue weighted by Crippen LogP contribution is 2.27. The SMILES string of the molecule is O=C(CCCOc1ccc(Cl)cc1Cl)NCc1nc2ccccc2[nH]1. The number of fused-ring (bicyclic) bond motifs is 1. The van der Waals surface area contributed by atoms with Gasteiger partial charge in [0.1, 0.15) is 11.6 Å². The van der Waals surface area contributed by atoms with Gasteiger partial charge in [0.25, 0.3) is 0 Å². The van der Waals surface area contributed by atoms with E-state index in [-0.39, 0.29) is 5.91 Å². The van der Waals surface area contributed by atoms with Crippen LogP contribution in [-0.2, 0) is 11.3 Å². The molecule has 0 aliphatic carbocycles. The Balaban J connectivity index is 1.39. The van der Waals surface area contributed by atoms with E-state index in [2.05, 4.69) is 15.3 Å². The summed E-state index contributed by atoms with van der Waals surface area (Å²) in [7, 11) is 0. The van der Waals surface area contributed by atoms with E-state index >= 15 is 0 Å². The molecule has 1 amide bonds. The number of nitrogens with one attached hydrogen (secondary N) is 2. The third kappa shape index (κ3) is 4.87. The number of imidazole rings is 1. The number of aromatic nitrogens is 2. The zero-order chi connectivity index (χ0) is 17.6. The van der Waals surface area contributed by atoms with Crippen molar-refractivity contribution in [3.8, 4) is 5.75 Å². The zero-order valence-corrected chi connectivity index (χ0v) is 14.9. The predicted molar refractivity (Wildman–Crippen MR) is 99.1 cm³/mol. The van der Waals surface area contributed by atoms with Gasteiger partial charge in [0, 0.05) is 11.4 Å². The van der Waals surface area contributed by atoms with Gasteiger partial charge in [0.05, 0.1) is 29.2 Å². The van der Waals surface area contributed by atoms with Gasteiger partial charge >= 0.3 is 0 Å². The van der Waals surface area contributed by atoms with Crippen molar-refractivity contribution >= 4 is 40.1 Å². The molecule has 3 rings (SSSR count). The highest BCUT2D eigenvalue weighted by Gasteiger charge is 2.06. The van der Waals surface area contributed by atoms with E-state index in [0.29, 0.717) is 41.8 Å². The summed E-state index contributed by atoms with van der Waals surface area (Å²) < 4.78 is 5.56. The van der Waals surface area contributed by atoms with Crippen LogP contribution in [0.5, 0.6) is 5.75 Å². The Hall–Kier alpha value is -2.24. The third-order valence-electron chi connectivity index (χ3n) is 3.59. The van der Waals surface area contributed by atoms with Gasteiger partial charge in [-0.15, -0.1) is 0 Å². The lowest BCUT2D eigenvalue weighted by Crippen LogP contribution is -2.23. The van der Waals surface area contributed by atoms with Crippen molar-refractivity contribution in [3.63, 3.8) is 0 Å². The predicted octanol–water partition coefficient (Wildman–Crippen LogP) is 4.35. The van der Waals surface area contributed by atoms with Crippen LogP contribution in [0.15, 0.2) is 42.5 Å². The van der Waals surface area contributed by atoms with Crippen LogP contribution in [0.3, 0.4) is 0 Å². The zero-order valence-electron chi connectivity index (χ0n) is 13.4. The first-order valence-electron chi connectivity index (χ1n) is 7.90. The topological polar surface area (TPSA) is 67.0 Å². The highest BCUT2D eigenvalue weighted by atomic mass is 35.5. The normalized spacial score (nSPS) is 10.8. The quantitative estimate of drug-likeness (QED) is 0.601. The lowest BCUT2D eigenvalue weighted by Gasteiger charge is -2.08. The fourth-order valence-corrected chi connectivity index (χ4v) is 2.83. The summed E-state index contributed by atoms with van der Waals surface area (Å²) in [6.07, 6.45) is 0.955. The first-order chi connectivity index (χ1) is 12.1. The average Bonchev–Trinajstić information content (AvgIpc) is 3.01. The van der Waals surface area contributed by atoms with Crippen LogP contribution in [0.25, 0.3) is 11.0 Å². The number of carbonyl (C=O) groups is 1.